The second kappa shape index (κ2) is 7.77. The normalized spacial score (nSPS) is 12.8. The van der Waals surface area contributed by atoms with Crippen LogP contribution in [0, 0.1) is 0 Å². The summed E-state index contributed by atoms with van der Waals surface area (Å²) < 4.78 is 13.4. The largest absolute Gasteiger partial charge is 0.289 e. The van der Waals surface area contributed by atoms with Crippen molar-refractivity contribution in [1.82, 2.24) is 0 Å². The van der Waals surface area contributed by atoms with E-state index in [2.05, 4.69) is 6.92 Å². The Morgan fingerprint density at radius 1 is 1.29 bits per heavy atom. The number of hydrogen-bond donors (Lipinski definition) is 0. The fourth-order valence-corrected chi connectivity index (χ4v) is 1.58. The molecule has 0 radical (unpaired) electrons. The third-order valence-electron chi connectivity index (χ3n) is 2.60. The van der Waals surface area contributed by atoms with Gasteiger partial charge in [-0.3, -0.25) is 4.79 Å². The lowest BCUT2D eigenvalue weighted by Gasteiger charge is -2.01. The number of halogens is 1. The van der Waals surface area contributed by atoms with E-state index in [9.17, 15) is 9.18 Å². The Bertz CT molecular complexity index is 356. The zero-order valence-electron chi connectivity index (χ0n) is 10.2. The van der Waals surface area contributed by atoms with Crippen LogP contribution < -0.4 is 0 Å². The maximum Gasteiger partial charge on any atom is 0.185 e. The summed E-state index contributed by atoms with van der Waals surface area (Å²) in [7, 11) is 0. The summed E-state index contributed by atoms with van der Waals surface area (Å²) in [5.74, 6) is -0.135. The monoisotopic (exact) mass is 234 g/mol. The third kappa shape index (κ3) is 5.43. The molecule has 17 heavy (non-hydrogen) atoms. The zero-order valence-corrected chi connectivity index (χ0v) is 10.2. The van der Waals surface area contributed by atoms with E-state index < -0.39 is 6.17 Å². The van der Waals surface area contributed by atoms with Gasteiger partial charge in [0.15, 0.2) is 5.78 Å². The maximum absolute atomic E-state index is 13.4. The molecule has 1 atom stereocenters. The summed E-state index contributed by atoms with van der Waals surface area (Å²) in [4.78, 5) is 11.6. The summed E-state index contributed by atoms with van der Waals surface area (Å²) in [6.07, 6.45) is 5.21. The average molecular weight is 234 g/mol. The van der Waals surface area contributed by atoms with Gasteiger partial charge in [0.1, 0.15) is 6.17 Å². The summed E-state index contributed by atoms with van der Waals surface area (Å²) in [6.45, 7) is 2.09. The SMILES string of the molecule is CCCCCC(F)/C=C\C(=O)c1ccccc1. The molecule has 0 spiro atoms. The van der Waals surface area contributed by atoms with Gasteiger partial charge in [0, 0.05) is 5.56 Å². The van der Waals surface area contributed by atoms with Gasteiger partial charge in [0.05, 0.1) is 0 Å². The lowest BCUT2D eigenvalue weighted by molar-refractivity contribution is 0.104. The first-order valence-corrected chi connectivity index (χ1v) is 6.15. The van der Waals surface area contributed by atoms with Gasteiger partial charge < -0.3 is 0 Å². The Morgan fingerprint density at radius 2 is 2.00 bits per heavy atom. The molecular formula is C15H19FO. The van der Waals surface area contributed by atoms with E-state index in [4.69, 9.17) is 0 Å². The van der Waals surface area contributed by atoms with Crippen LogP contribution in [0.1, 0.15) is 43.0 Å². The molecule has 0 fully saturated rings. The van der Waals surface area contributed by atoms with Crippen molar-refractivity contribution in [3.05, 3.63) is 48.0 Å². The van der Waals surface area contributed by atoms with Gasteiger partial charge in [-0.25, -0.2) is 4.39 Å². The van der Waals surface area contributed by atoms with Crippen molar-refractivity contribution in [2.75, 3.05) is 0 Å². The second-order valence-corrected chi connectivity index (χ2v) is 4.10. The predicted octanol–water partition coefficient (Wildman–Crippen LogP) is 4.34. The molecule has 2 heteroatoms. The number of alkyl halides is 1. The number of allylic oxidation sites excluding steroid dienone is 2. The minimum atomic E-state index is -1.01. The van der Waals surface area contributed by atoms with Crippen molar-refractivity contribution in [2.24, 2.45) is 0 Å². The van der Waals surface area contributed by atoms with Crippen LogP contribution in [0.5, 0.6) is 0 Å². The molecule has 0 amide bonds. The minimum absolute atomic E-state index is 0.135. The highest BCUT2D eigenvalue weighted by Crippen LogP contribution is 2.09. The first kappa shape index (κ1) is 13.6. The number of carbonyl (C=O) groups excluding carboxylic acids is 1. The van der Waals surface area contributed by atoms with E-state index in [1.165, 1.54) is 12.2 Å². The van der Waals surface area contributed by atoms with Crippen molar-refractivity contribution in [2.45, 2.75) is 38.8 Å². The topological polar surface area (TPSA) is 17.1 Å². The number of hydrogen-bond acceptors (Lipinski definition) is 1. The molecule has 0 heterocycles. The van der Waals surface area contributed by atoms with Gasteiger partial charge in [0.25, 0.3) is 0 Å². The molecule has 0 bridgehead atoms. The van der Waals surface area contributed by atoms with Gasteiger partial charge in [-0.1, -0.05) is 56.5 Å². The maximum atomic E-state index is 13.4. The van der Waals surface area contributed by atoms with E-state index in [1.807, 2.05) is 6.07 Å². The lowest BCUT2D eigenvalue weighted by Crippen LogP contribution is -1.98. The van der Waals surface area contributed by atoms with Gasteiger partial charge in [-0.15, -0.1) is 0 Å². The number of benzene rings is 1. The number of unbranched alkanes of at least 4 members (excludes halogenated alkanes) is 2. The minimum Gasteiger partial charge on any atom is -0.289 e. The van der Waals surface area contributed by atoms with Crippen LogP contribution in [0.25, 0.3) is 0 Å². The molecule has 92 valence electrons. The smallest absolute Gasteiger partial charge is 0.185 e. The molecular weight excluding hydrogens is 215 g/mol. The van der Waals surface area contributed by atoms with Crippen molar-refractivity contribution < 1.29 is 9.18 Å². The molecule has 0 aromatic heterocycles. The molecule has 0 saturated carbocycles. The number of carbonyl (C=O) groups is 1. The van der Waals surface area contributed by atoms with Crippen LogP contribution in [0.15, 0.2) is 42.5 Å². The molecule has 0 N–H and O–H groups in total. The molecule has 1 unspecified atom stereocenters. The Labute approximate surface area is 102 Å². The summed E-state index contributed by atoms with van der Waals surface area (Å²) in [5, 5.41) is 0. The van der Waals surface area contributed by atoms with Gasteiger partial charge in [-0.2, -0.15) is 0 Å². The lowest BCUT2D eigenvalue weighted by atomic mass is 10.1. The van der Waals surface area contributed by atoms with Crippen LogP contribution in [-0.4, -0.2) is 12.0 Å². The third-order valence-corrected chi connectivity index (χ3v) is 2.60. The first-order chi connectivity index (χ1) is 8.24. The Hall–Kier alpha value is -1.44. The van der Waals surface area contributed by atoms with E-state index in [-0.39, 0.29) is 5.78 Å². The Morgan fingerprint density at radius 3 is 2.65 bits per heavy atom. The standard InChI is InChI=1S/C15H19FO/c1-2-3-5-10-14(16)11-12-15(17)13-8-6-4-7-9-13/h4,6-9,11-12,14H,2-3,5,10H2,1H3/b12-11-. The Kier molecular flexibility index (Phi) is 6.23. The van der Waals surface area contributed by atoms with E-state index in [0.717, 1.165) is 19.3 Å². The molecule has 1 rings (SSSR count). The van der Waals surface area contributed by atoms with Crippen molar-refractivity contribution >= 4 is 5.78 Å². The molecule has 1 nitrogen and oxygen atoms in total. The summed E-state index contributed by atoms with van der Waals surface area (Å²) >= 11 is 0. The van der Waals surface area contributed by atoms with Crippen molar-refractivity contribution in [3.63, 3.8) is 0 Å². The molecule has 0 aliphatic rings. The van der Waals surface area contributed by atoms with Crippen LogP contribution in [0.3, 0.4) is 0 Å². The fourth-order valence-electron chi connectivity index (χ4n) is 1.58. The molecule has 0 saturated heterocycles. The molecule has 1 aromatic rings. The van der Waals surface area contributed by atoms with Crippen molar-refractivity contribution in [1.29, 1.82) is 0 Å². The average Bonchev–Trinajstić information content (AvgIpc) is 2.37. The van der Waals surface area contributed by atoms with Crippen molar-refractivity contribution in [3.8, 4) is 0 Å². The summed E-state index contributed by atoms with van der Waals surface area (Å²) in [6, 6.07) is 8.92. The first-order valence-electron chi connectivity index (χ1n) is 6.15. The van der Waals surface area contributed by atoms with E-state index in [0.29, 0.717) is 12.0 Å². The number of rotatable bonds is 7. The quantitative estimate of drug-likeness (QED) is 0.389. The Balaban J connectivity index is 2.40. The second-order valence-electron chi connectivity index (χ2n) is 4.10. The van der Waals surface area contributed by atoms with Crippen LogP contribution in [0.4, 0.5) is 4.39 Å². The molecule has 0 aliphatic heterocycles. The van der Waals surface area contributed by atoms with E-state index >= 15 is 0 Å². The van der Waals surface area contributed by atoms with Gasteiger partial charge >= 0.3 is 0 Å². The van der Waals surface area contributed by atoms with E-state index in [1.54, 1.807) is 24.3 Å². The predicted molar refractivity (Wildman–Crippen MR) is 69.0 cm³/mol. The van der Waals surface area contributed by atoms with Gasteiger partial charge in [-0.05, 0) is 18.6 Å². The highest BCUT2D eigenvalue weighted by molar-refractivity contribution is 6.04. The highest BCUT2D eigenvalue weighted by Gasteiger charge is 2.04. The van der Waals surface area contributed by atoms with Crippen LogP contribution in [0.2, 0.25) is 0 Å². The molecule has 1 aromatic carbocycles. The zero-order chi connectivity index (χ0) is 12.5. The summed E-state index contributed by atoms with van der Waals surface area (Å²) in [5.41, 5.74) is 0.601. The fraction of sp³-hybridized carbons (Fsp3) is 0.400. The molecule has 0 aliphatic carbocycles. The number of ketones is 1. The van der Waals surface area contributed by atoms with Gasteiger partial charge in [0.2, 0.25) is 0 Å². The van der Waals surface area contributed by atoms with Crippen LogP contribution >= 0.6 is 0 Å². The van der Waals surface area contributed by atoms with Crippen LogP contribution in [-0.2, 0) is 0 Å². The highest BCUT2D eigenvalue weighted by atomic mass is 19.1.